The van der Waals surface area contributed by atoms with E-state index in [0.717, 1.165) is 11.7 Å². The molecule has 1 saturated heterocycles. The maximum absolute atomic E-state index is 5.52. The van der Waals surface area contributed by atoms with Gasteiger partial charge in [0.1, 0.15) is 0 Å². The third kappa shape index (κ3) is 1.78. The fraction of sp³-hybridized carbons (Fsp3) is 0.647. The average molecular weight is 384 g/mol. The van der Waals surface area contributed by atoms with Crippen molar-refractivity contribution in [3.05, 3.63) is 29.3 Å². The zero-order chi connectivity index (χ0) is 13.7. The number of ether oxygens (including phenoxy) is 1. The van der Waals surface area contributed by atoms with E-state index < -0.39 is 0 Å². The second-order valence-corrected chi connectivity index (χ2v) is 9.66. The molecule has 1 unspecified atom stereocenters. The van der Waals surface area contributed by atoms with E-state index in [9.17, 15) is 0 Å². The molecule has 0 aromatic heterocycles. The van der Waals surface area contributed by atoms with E-state index in [4.69, 9.17) is 4.74 Å². The number of rotatable bonds is 1. The number of fused-ring (bicyclic) bond motifs is 3. The second kappa shape index (κ2) is 4.87. The summed E-state index contributed by atoms with van der Waals surface area (Å²) in [7, 11) is 4.16. The van der Waals surface area contributed by atoms with Gasteiger partial charge in [0.15, 0.2) is 0 Å². The minimum atomic E-state index is 0.221. The number of methoxy groups -OCH3 is 1. The van der Waals surface area contributed by atoms with Crippen molar-refractivity contribution < 1.29 is 26.2 Å². The summed E-state index contributed by atoms with van der Waals surface area (Å²) in [5.41, 5.74) is 3.73. The Morgan fingerprint density at radius 3 is 3.10 bits per heavy atom. The molecule has 1 aromatic rings. The first kappa shape index (κ1) is 13.4. The Balaban J connectivity index is 1.89. The van der Waals surface area contributed by atoms with E-state index in [0.29, 0.717) is 11.5 Å². The SMILES string of the molecule is COc1ccc2c(c1)[C@]13CCCCC1C[I-]N(C)[C@@H]2C3. The van der Waals surface area contributed by atoms with E-state index in [1.165, 1.54) is 36.5 Å². The van der Waals surface area contributed by atoms with Crippen molar-refractivity contribution in [1.29, 1.82) is 0 Å². The standard InChI is InChI=1S/C17H23INO/c1-19-16-10-17(8-4-3-5-12(17)11-18-19)15-9-13(20-2)6-7-14(15)16/h6-7,9,12,16H,3-5,8,10-11H2,1-2H3/q-1/t12?,16-,17+/m1/s1. The molecule has 110 valence electrons. The van der Waals surface area contributed by atoms with Gasteiger partial charge in [-0.05, 0) is 0 Å². The van der Waals surface area contributed by atoms with E-state index in [1.807, 2.05) is 0 Å². The summed E-state index contributed by atoms with van der Waals surface area (Å²) < 4.78 is 9.71. The van der Waals surface area contributed by atoms with Crippen LogP contribution in [-0.4, -0.2) is 21.7 Å². The summed E-state index contributed by atoms with van der Waals surface area (Å²) >= 11 is 0.221. The van der Waals surface area contributed by atoms with Crippen LogP contribution < -0.4 is 26.2 Å². The molecule has 3 aliphatic rings. The number of hydrogen-bond donors (Lipinski definition) is 0. The molecule has 3 heteroatoms. The Morgan fingerprint density at radius 1 is 1.35 bits per heavy atom. The second-order valence-electron chi connectivity index (χ2n) is 6.57. The summed E-state index contributed by atoms with van der Waals surface area (Å²) in [6, 6.07) is 7.57. The Labute approximate surface area is 132 Å². The first-order chi connectivity index (χ1) is 9.74. The molecule has 1 aromatic carbocycles. The molecular weight excluding hydrogens is 361 g/mol. The van der Waals surface area contributed by atoms with Gasteiger partial charge < -0.3 is 0 Å². The zero-order valence-corrected chi connectivity index (χ0v) is 14.5. The quantitative estimate of drug-likeness (QED) is 0.398. The Bertz CT molecular complexity index is 532. The van der Waals surface area contributed by atoms with E-state index in [-0.39, 0.29) is 21.5 Å². The summed E-state index contributed by atoms with van der Waals surface area (Å²) in [6.45, 7) is 0. The fourth-order valence-corrected chi connectivity index (χ4v) is 8.05. The number of alkyl halides is 1. The molecule has 2 bridgehead atoms. The molecule has 0 radical (unpaired) electrons. The molecule has 1 heterocycles. The Morgan fingerprint density at radius 2 is 2.25 bits per heavy atom. The van der Waals surface area contributed by atoms with Gasteiger partial charge in [-0.15, -0.1) is 0 Å². The summed E-state index contributed by atoms with van der Waals surface area (Å²) in [4.78, 5) is 0. The van der Waals surface area contributed by atoms with Gasteiger partial charge in [0, 0.05) is 0 Å². The fourth-order valence-electron chi connectivity index (χ4n) is 4.70. The van der Waals surface area contributed by atoms with Crippen molar-refractivity contribution in [2.24, 2.45) is 5.92 Å². The summed E-state index contributed by atoms with van der Waals surface area (Å²) in [5.74, 6) is 1.98. The first-order valence-corrected chi connectivity index (χ1v) is 10.2. The zero-order valence-electron chi connectivity index (χ0n) is 12.4. The molecule has 1 saturated carbocycles. The van der Waals surface area contributed by atoms with Crippen molar-refractivity contribution in [1.82, 2.24) is 3.11 Å². The van der Waals surface area contributed by atoms with Crippen LogP contribution in [0.5, 0.6) is 5.75 Å². The monoisotopic (exact) mass is 384 g/mol. The van der Waals surface area contributed by atoms with Crippen LogP contribution in [0.1, 0.15) is 49.3 Å². The van der Waals surface area contributed by atoms with E-state index >= 15 is 0 Å². The van der Waals surface area contributed by atoms with Gasteiger partial charge in [-0.1, -0.05) is 0 Å². The molecule has 3 atom stereocenters. The Kier molecular flexibility index (Phi) is 3.26. The van der Waals surface area contributed by atoms with Gasteiger partial charge in [0.25, 0.3) is 0 Å². The normalized spacial score (nSPS) is 36.5. The van der Waals surface area contributed by atoms with Crippen LogP contribution >= 0.6 is 0 Å². The van der Waals surface area contributed by atoms with Crippen molar-refractivity contribution in [2.75, 3.05) is 18.6 Å². The van der Waals surface area contributed by atoms with Crippen LogP contribution in [0.25, 0.3) is 0 Å². The molecule has 2 nitrogen and oxygen atoms in total. The van der Waals surface area contributed by atoms with Gasteiger partial charge in [-0.3, -0.25) is 0 Å². The minimum absolute atomic E-state index is 0.221. The van der Waals surface area contributed by atoms with Crippen LogP contribution in [0.2, 0.25) is 0 Å². The van der Waals surface area contributed by atoms with Gasteiger partial charge in [-0.2, -0.15) is 0 Å². The predicted octanol–water partition coefficient (Wildman–Crippen LogP) is 0.517. The van der Waals surface area contributed by atoms with Crippen LogP contribution in [0.3, 0.4) is 0 Å². The molecule has 4 rings (SSSR count). The van der Waals surface area contributed by atoms with Crippen molar-refractivity contribution in [3.63, 3.8) is 0 Å². The maximum atomic E-state index is 5.52. The van der Waals surface area contributed by atoms with Crippen LogP contribution in [0.15, 0.2) is 18.2 Å². The Hall–Kier alpha value is -0.290. The molecule has 0 amide bonds. The third-order valence-electron chi connectivity index (χ3n) is 5.79. The van der Waals surface area contributed by atoms with Gasteiger partial charge in [0.05, 0.1) is 0 Å². The van der Waals surface area contributed by atoms with E-state index in [2.05, 4.69) is 28.4 Å². The van der Waals surface area contributed by atoms with Crippen LogP contribution in [-0.2, 0) is 5.41 Å². The molecule has 2 fully saturated rings. The molecule has 1 spiro atoms. The number of hydrogen-bond acceptors (Lipinski definition) is 2. The molecule has 20 heavy (non-hydrogen) atoms. The average Bonchev–Trinajstić information content (AvgIpc) is 2.71. The molecular formula is C17H23INO-. The number of nitrogens with zero attached hydrogens (tertiary/aromatic N) is 1. The van der Waals surface area contributed by atoms with Crippen LogP contribution in [0.4, 0.5) is 0 Å². The summed E-state index contributed by atoms with van der Waals surface area (Å²) in [6.07, 6.45) is 7.10. The molecule has 1 aliphatic heterocycles. The molecule has 0 N–H and O–H groups in total. The topological polar surface area (TPSA) is 12.5 Å². The van der Waals surface area contributed by atoms with Gasteiger partial charge in [-0.25, -0.2) is 0 Å². The number of benzene rings is 1. The van der Waals surface area contributed by atoms with Gasteiger partial charge >= 0.3 is 132 Å². The predicted molar refractivity (Wildman–Crippen MR) is 76.6 cm³/mol. The van der Waals surface area contributed by atoms with Crippen molar-refractivity contribution >= 4 is 0 Å². The van der Waals surface area contributed by atoms with Crippen molar-refractivity contribution in [2.45, 2.75) is 43.6 Å². The third-order valence-corrected chi connectivity index (χ3v) is 9.00. The first-order valence-electron chi connectivity index (χ1n) is 7.75. The molecule has 2 aliphatic carbocycles. The van der Waals surface area contributed by atoms with Crippen molar-refractivity contribution in [3.8, 4) is 5.75 Å². The van der Waals surface area contributed by atoms with Crippen LogP contribution in [0, 0.1) is 5.92 Å². The summed E-state index contributed by atoms with van der Waals surface area (Å²) in [5, 5.41) is 0. The van der Waals surface area contributed by atoms with E-state index in [1.54, 1.807) is 18.2 Å². The van der Waals surface area contributed by atoms with Gasteiger partial charge in [0.2, 0.25) is 0 Å². The number of halogens is 1.